The van der Waals surface area contributed by atoms with Crippen molar-refractivity contribution >= 4 is 33.4 Å². The number of carbonyl (C=O) groups excluding carboxylic acids is 1. The summed E-state index contributed by atoms with van der Waals surface area (Å²) in [6, 6.07) is 7.51. The highest BCUT2D eigenvalue weighted by molar-refractivity contribution is 7.20. The van der Waals surface area contributed by atoms with E-state index in [0.717, 1.165) is 26.9 Å². The van der Waals surface area contributed by atoms with Gasteiger partial charge in [-0.15, -0.1) is 11.3 Å². The Morgan fingerprint density at radius 1 is 1.42 bits per heavy atom. The van der Waals surface area contributed by atoms with Crippen molar-refractivity contribution in [3.05, 3.63) is 29.1 Å². The molecular weight excluding hydrogens is 170 g/mol. The van der Waals surface area contributed by atoms with Crippen LogP contribution in [-0.2, 0) is 0 Å². The summed E-state index contributed by atoms with van der Waals surface area (Å²) in [6.07, 6.45) is 0.851. The smallest absolute Gasteiger partial charge is 0.160 e. The number of aldehydes is 1. The second-order valence-corrected chi connectivity index (χ2v) is 3.64. The van der Waals surface area contributed by atoms with E-state index in [0.29, 0.717) is 0 Å². The van der Waals surface area contributed by atoms with Crippen molar-refractivity contribution in [2.24, 2.45) is 0 Å². The van der Waals surface area contributed by atoms with Crippen molar-refractivity contribution in [2.75, 3.05) is 5.73 Å². The first-order valence-electron chi connectivity index (χ1n) is 3.54. The lowest BCUT2D eigenvalue weighted by atomic mass is 10.2. The Bertz CT molecular complexity index is 433. The van der Waals surface area contributed by atoms with Gasteiger partial charge in [-0.05, 0) is 18.2 Å². The van der Waals surface area contributed by atoms with Crippen LogP contribution in [0.15, 0.2) is 24.3 Å². The Hall–Kier alpha value is -1.35. The normalized spacial score (nSPS) is 10.3. The van der Waals surface area contributed by atoms with Crippen LogP contribution in [0.25, 0.3) is 10.1 Å². The number of hydrogen-bond donors (Lipinski definition) is 1. The summed E-state index contributed by atoms with van der Waals surface area (Å²) in [5, 5.41) is 0.976. The van der Waals surface area contributed by atoms with Gasteiger partial charge in [0.15, 0.2) is 6.29 Å². The van der Waals surface area contributed by atoms with Crippen LogP contribution >= 0.6 is 11.3 Å². The monoisotopic (exact) mass is 177 g/mol. The number of nitrogens with two attached hydrogens (primary N) is 1. The highest BCUT2D eigenvalue weighted by Gasteiger charge is 2.01. The van der Waals surface area contributed by atoms with E-state index in [1.54, 1.807) is 0 Å². The van der Waals surface area contributed by atoms with Crippen LogP contribution in [0.1, 0.15) is 9.67 Å². The molecule has 1 aromatic carbocycles. The molecule has 0 saturated heterocycles. The van der Waals surface area contributed by atoms with Crippen molar-refractivity contribution in [2.45, 2.75) is 0 Å². The number of fused-ring (bicyclic) bond motifs is 1. The Kier molecular flexibility index (Phi) is 1.59. The third-order valence-corrected chi connectivity index (χ3v) is 2.76. The summed E-state index contributed by atoms with van der Waals surface area (Å²) in [7, 11) is 0. The second-order valence-electron chi connectivity index (χ2n) is 2.53. The average Bonchev–Trinajstić information content (AvgIpc) is 2.49. The number of benzene rings is 1. The molecule has 0 aliphatic rings. The van der Waals surface area contributed by atoms with Gasteiger partial charge in [0, 0.05) is 15.8 Å². The van der Waals surface area contributed by atoms with Gasteiger partial charge in [0.25, 0.3) is 0 Å². The summed E-state index contributed by atoms with van der Waals surface area (Å²) in [6.45, 7) is 0. The first kappa shape index (κ1) is 7.31. The van der Waals surface area contributed by atoms with E-state index in [9.17, 15) is 4.79 Å². The minimum atomic E-state index is 0.725. The fraction of sp³-hybridized carbons (Fsp3) is 0. The summed E-state index contributed by atoms with van der Waals surface area (Å²) in [5.74, 6) is 0. The van der Waals surface area contributed by atoms with Crippen molar-refractivity contribution < 1.29 is 4.79 Å². The summed E-state index contributed by atoms with van der Waals surface area (Å²) in [4.78, 5) is 11.2. The molecule has 0 radical (unpaired) electrons. The summed E-state index contributed by atoms with van der Waals surface area (Å²) in [5.41, 5.74) is 6.45. The number of rotatable bonds is 1. The largest absolute Gasteiger partial charge is 0.398 e. The highest BCUT2D eigenvalue weighted by atomic mass is 32.1. The zero-order valence-corrected chi connectivity index (χ0v) is 7.10. The lowest BCUT2D eigenvalue weighted by Crippen LogP contribution is -1.82. The van der Waals surface area contributed by atoms with E-state index < -0.39 is 0 Å². The maximum absolute atomic E-state index is 10.5. The molecule has 2 nitrogen and oxygen atoms in total. The molecule has 1 aromatic heterocycles. The molecule has 0 amide bonds. The van der Waals surface area contributed by atoms with E-state index in [1.165, 1.54) is 11.3 Å². The zero-order chi connectivity index (χ0) is 8.55. The third-order valence-electron chi connectivity index (χ3n) is 1.73. The zero-order valence-electron chi connectivity index (χ0n) is 6.28. The van der Waals surface area contributed by atoms with Crippen LogP contribution in [-0.4, -0.2) is 6.29 Å². The van der Waals surface area contributed by atoms with Gasteiger partial charge < -0.3 is 5.73 Å². The predicted molar refractivity (Wildman–Crippen MR) is 51.6 cm³/mol. The molecule has 0 aliphatic carbocycles. The van der Waals surface area contributed by atoms with Gasteiger partial charge in [0.05, 0.1) is 4.88 Å². The first-order chi connectivity index (χ1) is 5.81. The van der Waals surface area contributed by atoms with E-state index in [1.807, 2.05) is 24.3 Å². The van der Waals surface area contributed by atoms with E-state index in [-0.39, 0.29) is 0 Å². The van der Waals surface area contributed by atoms with Gasteiger partial charge in [-0.3, -0.25) is 4.79 Å². The molecular formula is C9H7NOS. The van der Waals surface area contributed by atoms with Crippen LogP contribution in [0.5, 0.6) is 0 Å². The molecule has 0 bridgehead atoms. The average molecular weight is 177 g/mol. The van der Waals surface area contributed by atoms with Gasteiger partial charge in [-0.25, -0.2) is 0 Å². The molecule has 0 atom stereocenters. The highest BCUT2D eigenvalue weighted by Crippen LogP contribution is 2.28. The van der Waals surface area contributed by atoms with E-state index >= 15 is 0 Å². The Balaban J connectivity index is 2.82. The second kappa shape index (κ2) is 2.60. The number of nitrogen functional groups attached to an aromatic ring is 1. The van der Waals surface area contributed by atoms with E-state index in [4.69, 9.17) is 5.73 Å². The standard InChI is InChI=1S/C9H7NOS/c10-8-2-1-3-9-7(8)4-6(5-11)12-9/h1-5H,10H2. The predicted octanol–water partition coefficient (Wildman–Crippen LogP) is 2.30. The fourth-order valence-corrected chi connectivity index (χ4v) is 2.07. The van der Waals surface area contributed by atoms with Crippen molar-refractivity contribution in [3.63, 3.8) is 0 Å². The molecule has 1 heterocycles. The molecule has 2 N–H and O–H groups in total. The quantitative estimate of drug-likeness (QED) is 0.536. The molecule has 0 saturated carbocycles. The van der Waals surface area contributed by atoms with Gasteiger partial charge in [-0.2, -0.15) is 0 Å². The molecule has 0 fully saturated rings. The third kappa shape index (κ3) is 0.987. The first-order valence-corrected chi connectivity index (χ1v) is 4.36. The lowest BCUT2D eigenvalue weighted by molar-refractivity contribution is 0.112. The van der Waals surface area contributed by atoms with Gasteiger partial charge in [0.2, 0.25) is 0 Å². The topological polar surface area (TPSA) is 43.1 Å². The van der Waals surface area contributed by atoms with Crippen LogP contribution in [0.4, 0.5) is 5.69 Å². The summed E-state index contributed by atoms with van der Waals surface area (Å²) >= 11 is 1.46. The van der Waals surface area contributed by atoms with Crippen LogP contribution in [0.2, 0.25) is 0 Å². The number of anilines is 1. The van der Waals surface area contributed by atoms with Gasteiger partial charge in [0.1, 0.15) is 0 Å². The SMILES string of the molecule is Nc1cccc2sc(C=O)cc12. The van der Waals surface area contributed by atoms with Crippen molar-refractivity contribution in [1.29, 1.82) is 0 Å². The number of carbonyl (C=O) groups is 1. The van der Waals surface area contributed by atoms with Crippen LogP contribution in [0.3, 0.4) is 0 Å². The maximum Gasteiger partial charge on any atom is 0.160 e. The molecule has 12 heavy (non-hydrogen) atoms. The summed E-state index contributed by atoms with van der Waals surface area (Å²) < 4.78 is 1.07. The molecule has 3 heteroatoms. The molecule has 0 unspecified atom stereocenters. The minimum absolute atomic E-state index is 0.725. The Morgan fingerprint density at radius 3 is 2.92 bits per heavy atom. The molecule has 0 aliphatic heterocycles. The van der Waals surface area contributed by atoms with Gasteiger partial charge in [-0.1, -0.05) is 6.07 Å². The number of thiophene rings is 1. The fourth-order valence-electron chi connectivity index (χ4n) is 1.16. The molecule has 60 valence electrons. The molecule has 2 rings (SSSR count). The Labute approximate surface area is 73.6 Å². The number of hydrogen-bond acceptors (Lipinski definition) is 3. The lowest BCUT2D eigenvalue weighted by Gasteiger charge is -1.92. The van der Waals surface area contributed by atoms with Gasteiger partial charge >= 0.3 is 0 Å². The van der Waals surface area contributed by atoms with Crippen LogP contribution in [0, 0.1) is 0 Å². The molecule has 2 aromatic rings. The minimum Gasteiger partial charge on any atom is -0.398 e. The van der Waals surface area contributed by atoms with E-state index in [2.05, 4.69) is 0 Å². The van der Waals surface area contributed by atoms with Crippen LogP contribution < -0.4 is 5.73 Å². The van der Waals surface area contributed by atoms with Crippen molar-refractivity contribution in [3.8, 4) is 0 Å². The Morgan fingerprint density at radius 2 is 2.25 bits per heavy atom. The maximum atomic E-state index is 10.5. The van der Waals surface area contributed by atoms with Crippen molar-refractivity contribution in [1.82, 2.24) is 0 Å². The molecule has 0 spiro atoms.